The molecule has 0 aliphatic rings. The first-order valence-electron chi connectivity index (χ1n) is 9.56. The number of nitrogens with one attached hydrogen (secondary N) is 1. The molecule has 3 aromatic rings. The van der Waals surface area contributed by atoms with Gasteiger partial charge in [0, 0.05) is 31.3 Å². The summed E-state index contributed by atoms with van der Waals surface area (Å²) >= 11 is 0. The van der Waals surface area contributed by atoms with Gasteiger partial charge in [0.05, 0.1) is 7.11 Å². The summed E-state index contributed by atoms with van der Waals surface area (Å²) < 4.78 is 32.8. The zero-order valence-electron chi connectivity index (χ0n) is 17.3. The number of hydrogen-bond acceptors (Lipinski definition) is 5. The van der Waals surface area contributed by atoms with Crippen LogP contribution in [0.3, 0.4) is 0 Å². The number of phenols is 1. The molecular weight excluding hydrogens is 416 g/mol. The second kappa shape index (κ2) is 9.63. The molecule has 1 amide bonds. The molecule has 0 unspecified atom stereocenters. The summed E-state index contributed by atoms with van der Waals surface area (Å²) in [6, 6.07) is 20.1. The standard InChI is InChI=1S/C23H24N2O5S/c1-25(16-17-8-4-3-5-9-17)31(28,29)22-14-18(12-13-21(22)30-2)23(27)24-15-19-10-6-7-11-20(19)26/h3-14,26H,15-16H2,1-2H3,(H,24,27). The third-order valence-corrected chi connectivity index (χ3v) is 6.62. The molecule has 31 heavy (non-hydrogen) atoms. The van der Waals surface area contributed by atoms with Gasteiger partial charge in [-0.2, -0.15) is 4.31 Å². The first kappa shape index (κ1) is 22.3. The number of methoxy groups -OCH3 is 1. The number of hydrogen-bond donors (Lipinski definition) is 2. The van der Waals surface area contributed by atoms with E-state index in [9.17, 15) is 18.3 Å². The third kappa shape index (κ3) is 5.22. The van der Waals surface area contributed by atoms with Crippen molar-refractivity contribution in [3.63, 3.8) is 0 Å². The Bertz CT molecular complexity index is 1160. The lowest BCUT2D eigenvalue weighted by Gasteiger charge is -2.19. The average molecular weight is 441 g/mol. The summed E-state index contributed by atoms with van der Waals surface area (Å²) in [7, 11) is -1.06. The van der Waals surface area contributed by atoms with Gasteiger partial charge in [-0.05, 0) is 29.8 Å². The van der Waals surface area contributed by atoms with E-state index in [1.165, 1.54) is 42.7 Å². The zero-order chi connectivity index (χ0) is 22.4. The van der Waals surface area contributed by atoms with Gasteiger partial charge in [-0.25, -0.2) is 8.42 Å². The minimum absolute atomic E-state index is 0.0725. The van der Waals surface area contributed by atoms with E-state index >= 15 is 0 Å². The van der Waals surface area contributed by atoms with Crippen molar-refractivity contribution in [3.05, 3.63) is 89.5 Å². The number of rotatable bonds is 8. The van der Waals surface area contributed by atoms with Crippen LogP contribution in [0.15, 0.2) is 77.7 Å². The number of nitrogens with zero attached hydrogens (tertiary/aromatic N) is 1. The number of ether oxygens (including phenoxy) is 1. The smallest absolute Gasteiger partial charge is 0.251 e. The first-order valence-corrected chi connectivity index (χ1v) is 11.0. The van der Waals surface area contributed by atoms with Gasteiger partial charge in [0.2, 0.25) is 10.0 Å². The number of carbonyl (C=O) groups excluding carboxylic acids is 1. The van der Waals surface area contributed by atoms with Crippen molar-refractivity contribution >= 4 is 15.9 Å². The van der Waals surface area contributed by atoms with Crippen LogP contribution in [0.4, 0.5) is 0 Å². The van der Waals surface area contributed by atoms with Crippen molar-refractivity contribution in [2.45, 2.75) is 18.0 Å². The molecule has 7 nitrogen and oxygen atoms in total. The van der Waals surface area contributed by atoms with Crippen molar-refractivity contribution in [2.75, 3.05) is 14.2 Å². The summed E-state index contributed by atoms with van der Waals surface area (Å²) in [6.45, 7) is 0.281. The Kier molecular flexibility index (Phi) is 6.94. The van der Waals surface area contributed by atoms with E-state index < -0.39 is 15.9 Å². The molecule has 0 bridgehead atoms. The van der Waals surface area contributed by atoms with Crippen LogP contribution in [0, 0.1) is 0 Å². The van der Waals surface area contributed by atoms with Crippen LogP contribution in [0.2, 0.25) is 0 Å². The molecule has 3 rings (SSSR count). The van der Waals surface area contributed by atoms with E-state index in [1.807, 2.05) is 30.3 Å². The predicted molar refractivity (Wildman–Crippen MR) is 117 cm³/mol. The SMILES string of the molecule is COc1ccc(C(=O)NCc2ccccc2O)cc1S(=O)(=O)N(C)Cc1ccccc1. The normalized spacial score (nSPS) is 11.3. The van der Waals surface area contributed by atoms with Gasteiger partial charge in [-0.1, -0.05) is 48.5 Å². The topological polar surface area (TPSA) is 95.9 Å². The molecule has 0 saturated carbocycles. The molecule has 0 saturated heterocycles. The number of sulfonamides is 1. The second-order valence-corrected chi connectivity index (χ2v) is 8.94. The molecule has 8 heteroatoms. The van der Waals surface area contributed by atoms with Crippen molar-refractivity contribution in [2.24, 2.45) is 0 Å². The molecule has 2 N–H and O–H groups in total. The minimum Gasteiger partial charge on any atom is -0.508 e. The van der Waals surface area contributed by atoms with E-state index in [2.05, 4.69) is 5.32 Å². The highest BCUT2D eigenvalue weighted by atomic mass is 32.2. The molecule has 0 aliphatic heterocycles. The highest BCUT2D eigenvalue weighted by Gasteiger charge is 2.26. The quantitative estimate of drug-likeness (QED) is 0.561. The summed E-state index contributed by atoms with van der Waals surface area (Å²) in [6.07, 6.45) is 0. The van der Waals surface area contributed by atoms with Gasteiger partial charge in [-0.3, -0.25) is 4.79 Å². The van der Waals surface area contributed by atoms with Gasteiger partial charge in [-0.15, -0.1) is 0 Å². The van der Waals surface area contributed by atoms with Crippen LogP contribution in [0.5, 0.6) is 11.5 Å². The number of benzene rings is 3. The van der Waals surface area contributed by atoms with Crippen LogP contribution >= 0.6 is 0 Å². The second-order valence-electron chi connectivity index (χ2n) is 6.92. The number of amides is 1. The summed E-state index contributed by atoms with van der Waals surface area (Å²) in [5.41, 5.74) is 1.56. The zero-order valence-corrected chi connectivity index (χ0v) is 18.1. The molecule has 0 spiro atoms. The van der Waals surface area contributed by atoms with Gasteiger partial charge in [0.25, 0.3) is 5.91 Å². The van der Waals surface area contributed by atoms with Crippen molar-refractivity contribution in [1.82, 2.24) is 9.62 Å². The van der Waals surface area contributed by atoms with Gasteiger partial charge < -0.3 is 15.2 Å². The lowest BCUT2D eigenvalue weighted by molar-refractivity contribution is 0.0950. The Hall–Kier alpha value is -3.36. The van der Waals surface area contributed by atoms with Crippen LogP contribution in [-0.4, -0.2) is 37.9 Å². The van der Waals surface area contributed by atoms with Crippen molar-refractivity contribution in [1.29, 1.82) is 0 Å². The molecule has 0 fully saturated rings. The Balaban J connectivity index is 1.84. The van der Waals surface area contributed by atoms with Crippen molar-refractivity contribution in [3.8, 4) is 11.5 Å². The number of carbonyl (C=O) groups is 1. The third-order valence-electron chi connectivity index (χ3n) is 4.79. The summed E-state index contributed by atoms with van der Waals surface area (Å²) in [5.74, 6) is -0.242. The lowest BCUT2D eigenvalue weighted by Crippen LogP contribution is -2.28. The molecule has 0 heterocycles. The largest absolute Gasteiger partial charge is 0.508 e. The van der Waals surface area contributed by atoms with Crippen LogP contribution < -0.4 is 10.1 Å². The Morgan fingerprint density at radius 2 is 1.71 bits per heavy atom. The Morgan fingerprint density at radius 1 is 1.03 bits per heavy atom. The summed E-state index contributed by atoms with van der Waals surface area (Å²) in [4.78, 5) is 12.5. The van der Waals surface area contributed by atoms with E-state index in [-0.39, 0.29) is 35.0 Å². The maximum atomic E-state index is 13.2. The fourth-order valence-corrected chi connectivity index (χ4v) is 4.39. The molecular formula is C23H24N2O5S. The number of phenolic OH excluding ortho intramolecular Hbond substituents is 1. The van der Waals surface area contributed by atoms with E-state index in [0.717, 1.165) is 5.56 Å². The molecule has 0 aliphatic carbocycles. The first-order chi connectivity index (χ1) is 14.8. The number of aromatic hydroxyl groups is 1. The number of para-hydroxylation sites is 1. The fraction of sp³-hybridized carbons (Fsp3) is 0.174. The van der Waals surface area contributed by atoms with Crippen molar-refractivity contribution < 1.29 is 23.1 Å². The van der Waals surface area contributed by atoms with E-state index in [4.69, 9.17) is 4.74 Å². The Labute approximate surface area is 182 Å². The maximum absolute atomic E-state index is 13.2. The van der Waals surface area contributed by atoms with Crippen LogP contribution in [0.1, 0.15) is 21.5 Å². The van der Waals surface area contributed by atoms with Crippen LogP contribution in [0.25, 0.3) is 0 Å². The van der Waals surface area contributed by atoms with E-state index in [1.54, 1.807) is 18.2 Å². The summed E-state index contributed by atoms with van der Waals surface area (Å²) in [5, 5.41) is 12.5. The Morgan fingerprint density at radius 3 is 2.39 bits per heavy atom. The predicted octanol–water partition coefficient (Wildman–Crippen LogP) is 3.15. The maximum Gasteiger partial charge on any atom is 0.251 e. The molecule has 0 atom stereocenters. The average Bonchev–Trinajstić information content (AvgIpc) is 2.78. The van der Waals surface area contributed by atoms with Gasteiger partial charge in [0.15, 0.2) is 0 Å². The highest BCUT2D eigenvalue weighted by Crippen LogP contribution is 2.28. The lowest BCUT2D eigenvalue weighted by atomic mass is 10.1. The van der Waals surface area contributed by atoms with Gasteiger partial charge >= 0.3 is 0 Å². The van der Waals surface area contributed by atoms with Crippen LogP contribution in [-0.2, 0) is 23.1 Å². The van der Waals surface area contributed by atoms with E-state index in [0.29, 0.717) is 5.56 Å². The molecule has 0 aromatic heterocycles. The highest BCUT2D eigenvalue weighted by molar-refractivity contribution is 7.89. The fourth-order valence-electron chi connectivity index (χ4n) is 3.05. The molecule has 162 valence electrons. The van der Waals surface area contributed by atoms with Gasteiger partial charge in [0.1, 0.15) is 16.4 Å². The minimum atomic E-state index is -3.92. The molecule has 0 radical (unpaired) electrons. The monoisotopic (exact) mass is 440 g/mol. The molecule has 3 aromatic carbocycles.